The van der Waals surface area contributed by atoms with Gasteiger partial charge in [-0.3, -0.25) is 0 Å². The third kappa shape index (κ3) is 6.42. The molecule has 0 saturated carbocycles. The molecule has 0 unspecified atom stereocenters. The first-order valence-corrected chi connectivity index (χ1v) is 18.5. The average molecular weight is 675 g/mol. The molecular weight excluding hydrogens is 629 g/mol. The highest BCUT2D eigenvalue weighted by atomic mass is 15.1. The molecule has 0 radical (unpaired) electrons. The molecule has 7 aromatic carbocycles. The first-order chi connectivity index (χ1) is 25.3. The third-order valence-corrected chi connectivity index (χ3v) is 10.9. The second-order valence-corrected chi connectivity index (χ2v) is 15.3. The van der Waals surface area contributed by atoms with Gasteiger partial charge in [0.05, 0.1) is 5.69 Å². The molecule has 0 heterocycles. The number of fused-ring (bicyclic) bond motifs is 1. The zero-order valence-electron chi connectivity index (χ0n) is 30.6. The van der Waals surface area contributed by atoms with E-state index in [1.54, 1.807) is 0 Å². The van der Waals surface area contributed by atoms with Gasteiger partial charge in [-0.05, 0) is 124 Å². The van der Waals surface area contributed by atoms with E-state index in [1.807, 2.05) is 0 Å². The highest BCUT2D eigenvalue weighted by Gasteiger charge is 2.39. The van der Waals surface area contributed by atoms with Gasteiger partial charge >= 0.3 is 0 Å². The lowest BCUT2D eigenvalue weighted by Gasteiger charge is -2.44. The van der Waals surface area contributed by atoms with Crippen LogP contribution in [0.5, 0.6) is 0 Å². The van der Waals surface area contributed by atoms with Gasteiger partial charge in [-0.25, -0.2) is 0 Å². The number of benzene rings is 7. The molecule has 0 bridgehead atoms. The Balaban J connectivity index is 1.22. The van der Waals surface area contributed by atoms with Crippen LogP contribution in [0.4, 0.5) is 34.1 Å². The molecule has 0 amide bonds. The molecule has 7 aromatic rings. The zero-order valence-corrected chi connectivity index (χ0v) is 30.6. The van der Waals surface area contributed by atoms with Gasteiger partial charge in [0.15, 0.2) is 0 Å². The van der Waals surface area contributed by atoms with Gasteiger partial charge in [0.25, 0.3) is 0 Å². The monoisotopic (exact) mass is 674 g/mol. The van der Waals surface area contributed by atoms with Gasteiger partial charge in [-0.15, -0.1) is 0 Å². The van der Waals surface area contributed by atoms with Crippen molar-refractivity contribution in [3.63, 3.8) is 0 Å². The minimum absolute atomic E-state index is 0.0422. The summed E-state index contributed by atoms with van der Waals surface area (Å²) in [6.07, 6.45) is 2.33. The SMILES string of the molecule is CC1(C)CCC(C)(C)c2c(N(c3ccc(-c4ccccc4)cc3)c3cccc(-c4ccc(N(c5ccccc5)c5ccccc5)cc4)c3)cccc21. The van der Waals surface area contributed by atoms with E-state index in [1.165, 1.54) is 45.5 Å². The Kier molecular flexibility index (Phi) is 8.77. The van der Waals surface area contributed by atoms with Crippen molar-refractivity contribution >= 4 is 34.1 Å². The quantitative estimate of drug-likeness (QED) is 0.158. The fraction of sp³-hybridized carbons (Fsp3) is 0.160. The van der Waals surface area contributed by atoms with Crippen LogP contribution >= 0.6 is 0 Å². The summed E-state index contributed by atoms with van der Waals surface area (Å²) in [5.74, 6) is 0. The molecule has 0 fully saturated rings. The van der Waals surface area contributed by atoms with Crippen LogP contribution in [0.1, 0.15) is 51.7 Å². The molecule has 8 rings (SSSR count). The fourth-order valence-electron chi connectivity index (χ4n) is 7.98. The highest BCUT2D eigenvalue weighted by Crippen LogP contribution is 2.52. The summed E-state index contributed by atoms with van der Waals surface area (Å²) < 4.78 is 0. The zero-order chi connectivity index (χ0) is 35.7. The van der Waals surface area contributed by atoms with E-state index in [9.17, 15) is 0 Å². The van der Waals surface area contributed by atoms with E-state index < -0.39 is 0 Å². The van der Waals surface area contributed by atoms with Gasteiger partial charge in [0.2, 0.25) is 0 Å². The van der Waals surface area contributed by atoms with Crippen LogP contribution in [0, 0.1) is 0 Å². The summed E-state index contributed by atoms with van der Waals surface area (Å²) in [6.45, 7) is 9.66. The van der Waals surface area contributed by atoms with Crippen molar-refractivity contribution in [3.8, 4) is 22.3 Å². The van der Waals surface area contributed by atoms with Crippen LogP contribution in [-0.4, -0.2) is 0 Å². The Bertz CT molecular complexity index is 2230. The number of anilines is 6. The van der Waals surface area contributed by atoms with E-state index in [-0.39, 0.29) is 10.8 Å². The number of hydrogen-bond donors (Lipinski definition) is 0. The van der Waals surface area contributed by atoms with E-state index in [2.05, 4.69) is 219 Å². The molecule has 1 aliphatic rings. The summed E-state index contributed by atoms with van der Waals surface area (Å²) in [5.41, 5.74) is 14.8. The second kappa shape index (κ2) is 13.7. The van der Waals surface area contributed by atoms with Crippen molar-refractivity contribution in [3.05, 3.63) is 193 Å². The van der Waals surface area contributed by atoms with E-state index in [4.69, 9.17) is 0 Å². The average Bonchev–Trinajstić information content (AvgIpc) is 3.19. The smallest absolute Gasteiger partial charge is 0.0502 e. The van der Waals surface area contributed by atoms with Crippen LogP contribution < -0.4 is 9.80 Å². The van der Waals surface area contributed by atoms with Crippen LogP contribution in [0.25, 0.3) is 22.3 Å². The van der Waals surface area contributed by atoms with E-state index in [0.29, 0.717) is 0 Å². The molecule has 256 valence electrons. The second-order valence-electron chi connectivity index (χ2n) is 15.3. The van der Waals surface area contributed by atoms with Crippen molar-refractivity contribution in [1.82, 2.24) is 0 Å². The first kappa shape index (κ1) is 33.3. The van der Waals surface area contributed by atoms with Gasteiger partial charge in [-0.1, -0.05) is 143 Å². The molecule has 0 aromatic heterocycles. The largest absolute Gasteiger partial charge is 0.311 e. The van der Waals surface area contributed by atoms with Crippen molar-refractivity contribution in [2.45, 2.75) is 51.4 Å². The van der Waals surface area contributed by atoms with E-state index >= 15 is 0 Å². The van der Waals surface area contributed by atoms with Crippen LogP contribution in [0.2, 0.25) is 0 Å². The lowest BCUT2D eigenvalue weighted by Crippen LogP contribution is -2.35. The minimum atomic E-state index is 0.0422. The predicted octanol–water partition coefficient (Wildman–Crippen LogP) is 14.3. The summed E-state index contributed by atoms with van der Waals surface area (Å²) >= 11 is 0. The Morgan fingerprint density at radius 1 is 0.346 bits per heavy atom. The van der Waals surface area contributed by atoms with Crippen LogP contribution in [0.15, 0.2) is 182 Å². The predicted molar refractivity (Wildman–Crippen MR) is 222 cm³/mol. The third-order valence-electron chi connectivity index (χ3n) is 10.9. The van der Waals surface area contributed by atoms with Crippen LogP contribution in [-0.2, 0) is 10.8 Å². The number of hydrogen-bond acceptors (Lipinski definition) is 2. The number of para-hydroxylation sites is 2. The Morgan fingerprint density at radius 2 is 0.769 bits per heavy atom. The molecule has 0 spiro atoms. The first-order valence-electron chi connectivity index (χ1n) is 18.5. The maximum absolute atomic E-state index is 2.49. The molecule has 2 heteroatoms. The maximum Gasteiger partial charge on any atom is 0.0502 e. The normalized spacial score (nSPS) is 14.3. The maximum atomic E-state index is 2.49. The topological polar surface area (TPSA) is 6.48 Å². The standard InChI is InChI=1S/C50H46N2/c1-49(2)34-35-50(3,4)48-46(49)24-15-25-47(48)52(44-32-26-38(27-33-44)37-16-8-5-9-17-37)45-23-14-18-40(36-45)39-28-30-43(31-29-39)51(41-19-10-6-11-20-41)42-21-12-7-13-22-42/h5-33,36H,34-35H2,1-4H3. The summed E-state index contributed by atoms with van der Waals surface area (Å²) in [5, 5.41) is 0. The molecule has 0 saturated heterocycles. The van der Waals surface area contributed by atoms with E-state index in [0.717, 1.165) is 34.9 Å². The Labute approximate surface area is 309 Å². The molecule has 1 aliphatic carbocycles. The minimum Gasteiger partial charge on any atom is -0.311 e. The Morgan fingerprint density at radius 3 is 1.37 bits per heavy atom. The molecule has 0 N–H and O–H groups in total. The molecule has 0 atom stereocenters. The van der Waals surface area contributed by atoms with Gasteiger partial charge in [-0.2, -0.15) is 0 Å². The molecule has 2 nitrogen and oxygen atoms in total. The van der Waals surface area contributed by atoms with Crippen molar-refractivity contribution in [2.75, 3.05) is 9.80 Å². The highest BCUT2D eigenvalue weighted by molar-refractivity contribution is 5.84. The van der Waals surface area contributed by atoms with Crippen molar-refractivity contribution in [1.29, 1.82) is 0 Å². The Hall–Kier alpha value is -5.86. The lowest BCUT2D eigenvalue weighted by molar-refractivity contribution is 0.332. The molecule has 52 heavy (non-hydrogen) atoms. The lowest BCUT2D eigenvalue weighted by atomic mass is 9.62. The van der Waals surface area contributed by atoms with Crippen molar-refractivity contribution < 1.29 is 0 Å². The number of nitrogens with zero attached hydrogens (tertiary/aromatic N) is 2. The fourth-order valence-corrected chi connectivity index (χ4v) is 7.98. The number of rotatable bonds is 8. The van der Waals surface area contributed by atoms with Crippen molar-refractivity contribution in [2.24, 2.45) is 0 Å². The molecule has 0 aliphatic heterocycles. The van der Waals surface area contributed by atoms with Crippen LogP contribution in [0.3, 0.4) is 0 Å². The molecular formula is C50H46N2. The van der Waals surface area contributed by atoms with Gasteiger partial charge in [0.1, 0.15) is 0 Å². The van der Waals surface area contributed by atoms with Gasteiger partial charge in [0, 0.05) is 28.4 Å². The summed E-state index contributed by atoms with van der Waals surface area (Å²) in [4.78, 5) is 4.80. The summed E-state index contributed by atoms with van der Waals surface area (Å²) in [6, 6.07) is 65.9. The van der Waals surface area contributed by atoms with Gasteiger partial charge < -0.3 is 9.80 Å². The summed E-state index contributed by atoms with van der Waals surface area (Å²) in [7, 11) is 0.